The number of carboxylic acids is 1. The summed E-state index contributed by atoms with van der Waals surface area (Å²) in [6.07, 6.45) is 1.15. The van der Waals surface area contributed by atoms with Gasteiger partial charge in [0.1, 0.15) is 17.4 Å². The van der Waals surface area contributed by atoms with E-state index < -0.39 is 5.97 Å². The number of nitrogen functional groups attached to an aromatic ring is 1. The van der Waals surface area contributed by atoms with E-state index in [0.717, 1.165) is 6.26 Å². The maximum absolute atomic E-state index is 10.8. The molecule has 0 atom stereocenters. The van der Waals surface area contributed by atoms with Gasteiger partial charge < -0.3 is 15.3 Å². The number of hydrogen-bond acceptors (Lipinski definition) is 3. The first kappa shape index (κ1) is 8.90. The van der Waals surface area contributed by atoms with Crippen molar-refractivity contribution in [2.45, 2.75) is 0 Å². The maximum Gasteiger partial charge on any atom is 0.339 e. The molecule has 1 aromatic heterocycles. The molecule has 1 aromatic carbocycles. The zero-order chi connectivity index (χ0) is 10.3. The van der Waals surface area contributed by atoms with Crippen LogP contribution in [0.3, 0.4) is 0 Å². The van der Waals surface area contributed by atoms with Crippen LogP contribution in [0.2, 0.25) is 5.02 Å². The molecule has 0 aliphatic rings. The van der Waals surface area contributed by atoms with E-state index in [2.05, 4.69) is 0 Å². The fourth-order valence-electron chi connectivity index (χ4n) is 1.29. The molecule has 0 saturated heterocycles. The van der Waals surface area contributed by atoms with Gasteiger partial charge in [-0.15, -0.1) is 0 Å². The predicted octanol–water partition coefficient (Wildman–Crippen LogP) is 2.37. The standard InChI is InChI=1S/C9H6ClNO3/c10-5-1-2-6-7(8(5)11)4(3-14-6)9(12)13/h1-3H,11H2,(H,12,13). The smallest absolute Gasteiger partial charge is 0.339 e. The zero-order valence-corrected chi connectivity index (χ0v) is 7.71. The highest BCUT2D eigenvalue weighted by molar-refractivity contribution is 6.35. The lowest BCUT2D eigenvalue weighted by molar-refractivity contribution is 0.0698. The largest absolute Gasteiger partial charge is 0.478 e. The number of furan rings is 1. The Labute approximate surface area is 83.9 Å². The summed E-state index contributed by atoms with van der Waals surface area (Å²) in [7, 11) is 0. The zero-order valence-electron chi connectivity index (χ0n) is 6.95. The monoisotopic (exact) mass is 211 g/mol. The van der Waals surface area contributed by atoms with Gasteiger partial charge >= 0.3 is 5.97 Å². The first-order valence-corrected chi connectivity index (χ1v) is 4.17. The van der Waals surface area contributed by atoms with Gasteiger partial charge in [-0.1, -0.05) is 11.6 Å². The molecule has 14 heavy (non-hydrogen) atoms. The van der Waals surface area contributed by atoms with Gasteiger partial charge in [-0.2, -0.15) is 0 Å². The fraction of sp³-hybridized carbons (Fsp3) is 0. The van der Waals surface area contributed by atoms with Crippen molar-refractivity contribution < 1.29 is 14.3 Å². The number of halogens is 1. The summed E-state index contributed by atoms with van der Waals surface area (Å²) in [5, 5.41) is 9.50. The number of carboxylic acid groups (broad SMARTS) is 1. The molecule has 5 heteroatoms. The van der Waals surface area contributed by atoms with Crippen LogP contribution >= 0.6 is 11.6 Å². The quantitative estimate of drug-likeness (QED) is 0.710. The second kappa shape index (κ2) is 2.92. The van der Waals surface area contributed by atoms with Crippen LogP contribution in [0.5, 0.6) is 0 Å². The van der Waals surface area contributed by atoms with Crippen LogP contribution < -0.4 is 5.73 Å². The van der Waals surface area contributed by atoms with Crippen molar-refractivity contribution in [1.82, 2.24) is 0 Å². The van der Waals surface area contributed by atoms with Crippen LogP contribution in [0, 0.1) is 0 Å². The number of anilines is 1. The maximum atomic E-state index is 10.8. The molecule has 2 aromatic rings. The highest BCUT2D eigenvalue weighted by Crippen LogP contribution is 2.32. The normalized spacial score (nSPS) is 10.6. The van der Waals surface area contributed by atoms with E-state index in [0.29, 0.717) is 16.0 Å². The third kappa shape index (κ3) is 1.12. The highest BCUT2D eigenvalue weighted by atomic mass is 35.5. The molecule has 0 fully saturated rings. The molecule has 0 bridgehead atoms. The minimum absolute atomic E-state index is 0.0278. The molecule has 0 unspecified atom stereocenters. The Morgan fingerprint density at radius 3 is 2.86 bits per heavy atom. The van der Waals surface area contributed by atoms with Gasteiger partial charge in [0.2, 0.25) is 0 Å². The molecular weight excluding hydrogens is 206 g/mol. The molecule has 0 aliphatic carbocycles. The molecule has 3 N–H and O–H groups in total. The molecule has 72 valence electrons. The summed E-state index contributed by atoms with van der Waals surface area (Å²) < 4.78 is 5.03. The number of carbonyl (C=O) groups is 1. The summed E-state index contributed by atoms with van der Waals surface area (Å²) in [5.74, 6) is -1.09. The number of hydrogen-bond donors (Lipinski definition) is 2. The first-order chi connectivity index (χ1) is 6.61. The number of benzene rings is 1. The van der Waals surface area contributed by atoms with E-state index in [4.69, 9.17) is 26.9 Å². The molecule has 0 spiro atoms. The van der Waals surface area contributed by atoms with E-state index in [1.807, 2.05) is 0 Å². The summed E-state index contributed by atoms with van der Waals surface area (Å²) >= 11 is 5.76. The van der Waals surface area contributed by atoms with Crippen molar-refractivity contribution in [3.8, 4) is 0 Å². The fourth-order valence-corrected chi connectivity index (χ4v) is 1.45. The lowest BCUT2D eigenvalue weighted by Crippen LogP contribution is -1.96. The minimum Gasteiger partial charge on any atom is -0.478 e. The molecular formula is C9H6ClNO3. The van der Waals surface area contributed by atoms with Gasteiger partial charge in [0.05, 0.1) is 16.1 Å². The van der Waals surface area contributed by atoms with E-state index in [1.165, 1.54) is 0 Å². The van der Waals surface area contributed by atoms with Gasteiger partial charge in [-0.05, 0) is 12.1 Å². The molecule has 1 heterocycles. The first-order valence-electron chi connectivity index (χ1n) is 3.79. The lowest BCUT2D eigenvalue weighted by Gasteiger charge is -1.99. The second-order valence-corrected chi connectivity index (χ2v) is 3.20. The van der Waals surface area contributed by atoms with Crippen molar-refractivity contribution in [3.05, 3.63) is 29.0 Å². The van der Waals surface area contributed by atoms with Gasteiger partial charge in [-0.3, -0.25) is 0 Å². The lowest BCUT2D eigenvalue weighted by atomic mass is 10.1. The number of rotatable bonds is 1. The molecule has 0 aliphatic heterocycles. The van der Waals surface area contributed by atoms with Gasteiger partial charge in [-0.25, -0.2) is 4.79 Å². The Balaban J connectivity index is 2.89. The predicted molar refractivity (Wildman–Crippen MR) is 52.6 cm³/mol. The third-order valence-electron chi connectivity index (χ3n) is 1.96. The Morgan fingerprint density at radius 1 is 1.50 bits per heavy atom. The molecule has 2 rings (SSSR count). The molecule has 0 radical (unpaired) electrons. The van der Waals surface area contributed by atoms with E-state index >= 15 is 0 Å². The Morgan fingerprint density at radius 2 is 2.21 bits per heavy atom. The molecule has 4 nitrogen and oxygen atoms in total. The number of fused-ring (bicyclic) bond motifs is 1. The van der Waals surface area contributed by atoms with E-state index in [9.17, 15) is 4.79 Å². The summed E-state index contributed by atoms with van der Waals surface area (Å²) in [6, 6.07) is 3.15. The summed E-state index contributed by atoms with van der Waals surface area (Å²) in [6.45, 7) is 0. The van der Waals surface area contributed by atoms with Crippen molar-refractivity contribution in [1.29, 1.82) is 0 Å². The van der Waals surface area contributed by atoms with Crippen LogP contribution in [0.4, 0.5) is 5.69 Å². The van der Waals surface area contributed by atoms with Gasteiger partial charge in [0, 0.05) is 0 Å². The van der Waals surface area contributed by atoms with Crippen molar-refractivity contribution in [2.75, 3.05) is 5.73 Å². The summed E-state index contributed by atoms with van der Waals surface area (Å²) in [4.78, 5) is 10.8. The van der Waals surface area contributed by atoms with Crippen molar-refractivity contribution in [3.63, 3.8) is 0 Å². The van der Waals surface area contributed by atoms with Crippen LogP contribution in [-0.4, -0.2) is 11.1 Å². The summed E-state index contributed by atoms with van der Waals surface area (Å²) in [5.41, 5.74) is 6.33. The van der Waals surface area contributed by atoms with E-state index in [-0.39, 0.29) is 11.3 Å². The number of aromatic carboxylic acids is 1. The molecule has 0 amide bonds. The molecule has 0 saturated carbocycles. The minimum atomic E-state index is -1.09. The average Bonchev–Trinajstić information content (AvgIpc) is 2.55. The van der Waals surface area contributed by atoms with Crippen LogP contribution in [0.1, 0.15) is 10.4 Å². The Bertz CT molecular complexity index is 518. The van der Waals surface area contributed by atoms with Gasteiger partial charge in [0.15, 0.2) is 0 Å². The van der Waals surface area contributed by atoms with Crippen LogP contribution in [0.25, 0.3) is 11.0 Å². The average molecular weight is 212 g/mol. The second-order valence-electron chi connectivity index (χ2n) is 2.79. The van der Waals surface area contributed by atoms with Crippen molar-refractivity contribution in [2.24, 2.45) is 0 Å². The van der Waals surface area contributed by atoms with Gasteiger partial charge in [0.25, 0.3) is 0 Å². The third-order valence-corrected chi connectivity index (χ3v) is 2.29. The van der Waals surface area contributed by atoms with E-state index in [1.54, 1.807) is 12.1 Å². The Kier molecular flexibility index (Phi) is 1.86. The number of nitrogens with two attached hydrogens (primary N) is 1. The van der Waals surface area contributed by atoms with Crippen molar-refractivity contribution >= 4 is 34.2 Å². The Hall–Kier alpha value is -1.68. The topological polar surface area (TPSA) is 76.5 Å². The SMILES string of the molecule is Nc1c(Cl)ccc2occ(C(=O)O)c12. The van der Waals surface area contributed by atoms with Crippen LogP contribution in [0.15, 0.2) is 22.8 Å². The van der Waals surface area contributed by atoms with Crippen LogP contribution in [-0.2, 0) is 0 Å². The highest BCUT2D eigenvalue weighted by Gasteiger charge is 2.16.